The highest BCUT2D eigenvalue weighted by Crippen LogP contribution is 2.46. The topological polar surface area (TPSA) is 40.2 Å². The normalized spacial score (nSPS) is 16.0. The van der Waals surface area contributed by atoms with Gasteiger partial charge in [-0.2, -0.15) is 0 Å². The number of nitrogens with zero attached hydrogens (tertiary/aromatic N) is 1. The van der Waals surface area contributed by atoms with E-state index in [4.69, 9.17) is 30.2 Å². The molecule has 8 heteroatoms. The van der Waals surface area contributed by atoms with Crippen LogP contribution in [0.3, 0.4) is 0 Å². The first-order valence-electron chi connectivity index (χ1n) is 17.6. The molecule has 4 aromatic rings. The highest BCUT2D eigenvalue weighted by Gasteiger charge is 2.44. The molecule has 0 amide bonds. The second-order valence-electron chi connectivity index (χ2n) is 14.1. The quantitative estimate of drug-likeness (QED) is 0.102. The summed E-state index contributed by atoms with van der Waals surface area (Å²) in [5.41, 5.74) is 6.64. The summed E-state index contributed by atoms with van der Waals surface area (Å²) in [6.07, 6.45) is 3.29. The third-order valence-corrected chi connectivity index (χ3v) is 17.9. The predicted molar refractivity (Wildman–Crippen MR) is 205 cm³/mol. The Hall–Kier alpha value is -2.39. The van der Waals surface area contributed by atoms with Crippen molar-refractivity contribution in [2.24, 2.45) is 0 Å². The summed E-state index contributed by atoms with van der Waals surface area (Å²) in [7, 11) is 1.57. The Morgan fingerprint density at radius 2 is 1.56 bits per heavy atom. The van der Waals surface area contributed by atoms with Crippen LogP contribution in [-0.4, -0.2) is 47.2 Å². The van der Waals surface area contributed by atoms with Crippen LogP contribution in [0.15, 0.2) is 60.7 Å². The summed E-state index contributed by atoms with van der Waals surface area (Å²) in [5, 5.41) is 1.88. The predicted octanol–water partition coefficient (Wildman–Crippen LogP) is 11.7. The molecule has 48 heavy (non-hydrogen) atoms. The minimum absolute atomic E-state index is 0.0984. The van der Waals surface area contributed by atoms with Gasteiger partial charge in [-0.05, 0) is 83.9 Å². The van der Waals surface area contributed by atoms with Crippen molar-refractivity contribution in [2.45, 2.75) is 96.6 Å². The maximum atomic E-state index is 6.90. The lowest BCUT2D eigenvalue weighted by Gasteiger charge is -2.42. The van der Waals surface area contributed by atoms with Crippen LogP contribution in [0.4, 0.5) is 0 Å². The number of thiophene rings is 1. The molecule has 0 radical (unpaired) electrons. The molecule has 0 spiro atoms. The van der Waals surface area contributed by atoms with E-state index in [1.54, 1.807) is 25.6 Å². The summed E-state index contributed by atoms with van der Waals surface area (Å²) in [6.45, 7) is 17.9. The SMILES string of the molecule is COc1cc2c(cc1OC)-c1sc3ccc(Cl)cc3c1COC[C@@H](c1ccccc1)N(CCCCCO[Si](C(C)C)(C(C)C)C(C)C)C2. The molecule has 1 aliphatic heterocycles. The Morgan fingerprint density at radius 1 is 0.875 bits per heavy atom. The fourth-order valence-electron chi connectivity index (χ4n) is 8.01. The van der Waals surface area contributed by atoms with Crippen molar-refractivity contribution < 1.29 is 18.6 Å². The molecule has 0 saturated heterocycles. The van der Waals surface area contributed by atoms with E-state index in [-0.39, 0.29) is 6.04 Å². The summed E-state index contributed by atoms with van der Waals surface area (Å²) < 4.78 is 26.4. The average molecular weight is 708 g/mol. The van der Waals surface area contributed by atoms with Gasteiger partial charge in [0.2, 0.25) is 0 Å². The summed E-state index contributed by atoms with van der Waals surface area (Å²) in [4.78, 5) is 3.80. The lowest BCUT2D eigenvalue weighted by Crippen LogP contribution is -2.47. The molecule has 0 N–H and O–H groups in total. The van der Waals surface area contributed by atoms with Crippen LogP contribution in [0.5, 0.6) is 11.5 Å². The number of ether oxygens (including phenoxy) is 3. The molecular formula is C40H54ClNO4SSi. The van der Waals surface area contributed by atoms with Gasteiger partial charge in [-0.1, -0.05) is 83.5 Å². The van der Waals surface area contributed by atoms with E-state index < -0.39 is 8.32 Å². The molecule has 0 unspecified atom stereocenters. The molecule has 0 fully saturated rings. The number of hydrogen-bond acceptors (Lipinski definition) is 6. The fourth-order valence-corrected chi connectivity index (χ4v) is 14.9. The van der Waals surface area contributed by atoms with Crippen molar-refractivity contribution >= 4 is 41.3 Å². The molecule has 1 aromatic heterocycles. The number of halogens is 1. The maximum absolute atomic E-state index is 6.90. The Morgan fingerprint density at radius 3 is 2.23 bits per heavy atom. The van der Waals surface area contributed by atoms with Crippen LogP contribution in [0.25, 0.3) is 20.5 Å². The molecule has 5 nitrogen and oxygen atoms in total. The van der Waals surface area contributed by atoms with Gasteiger partial charge in [0.15, 0.2) is 19.8 Å². The summed E-state index contributed by atoms with van der Waals surface area (Å²) in [6, 6.07) is 21.4. The zero-order chi connectivity index (χ0) is 34.4. The maximum Gasteiger partial charge on any atom is 0.200 e. The molecule has 5 rings (SSSR count). The van der Waals surface area contributed by atoms with E-state index in [0.717, 1.165) is 66.4 Å². The number of hydrogen-bond donors (Lipinski definition) is 0. The molecule has 260 valence electrons. The smallest absolute Gasteiger partial charge is 0.200 e. The second-order valence-corrected chi connectivity index (χ2v) is 21.0. The van der Waals surface area contributed by atoms with E-state index in [2.05, 4.69) is 101 Å². The Labute approximate surface area is 298 Å². The molecule has 0 aliphatic carbocycles. The van der Waals surface area contributed by atoms with Crippen molar-refractivity contribution in [3.05, 3.63) is 82.4 Å². The van der Waals surface area contributed by atoms with Crippen LogP contribution in [-0.2, 0) is 22.3 Å². The molecule has 0 bridgehead atoms. The van der Waals surface area contributed by atoms with Crippen LogP contribution >= 0.6 is 22.9 Å². The molecule has 3 aromatic carbocycles. The lowest BCUT2D eigenvalue weighted by atomic mass is 9.97. The van der Waals surface area contributed by atoms with Gasteiger partial charge < -0.3 is 18.6 Å². The number of methoxy groups -OCH3 is 2. The van der Waals surface area contributed by atoms with Gasteiger partial charge in [0.25, 0.3) is 0 Å². The molecular weight excluding hydrogens is 654 g/mol. The third kappa shape index (κ3) is 7.82. The first-order chi connectivity index (χ1) is 23.1. The fraction of sp³-hybridized carbons (Fsp3) is 0.500. The van der Waals surface area contributed by atoms with Gasteiger partial charge in [-0.15, -0.1) is 11.3 Å². The minimum atomic E-state index is -1.85. The van der Waals surface area contributed by atoms with Crippen molar-refractivity contribution in [1.29, 1.82) is 0 Å². The van der Waals surface area contributed by atoms with Gasteiger partial charge in [0.1, 0.15) is 0 Å². The minimum Gasteiger partial charge on any atom is -0.493 e. The molecule has 0 saturated carbocycles. The van der Waals surface area contributed by atoms with Gasteiger partial charge in [0, 0.05) is 44.3 Å². The summed E-state index contributed by atoms with van der Waals surface area (Å²) >= 11 is 8.31. The van der Waals surface area contributed by atoms with Gasteiger partial charge in [0.05, 0.1) is 33.5 Å². The first kappa shape index (κ1) is 36.9. The van der Waals surface area contributed by atoms with Gasteiger partial charge in [-0.25, -0.2) is 0 Å². The van der Waals surface area contributed by atoms with Crippen LogP contribution < -0.4 is 9.47 Å². The lowest BCUT2D eigenvalue weighted by molar-refractivity contribution is 0.0448. The highest BCUT2D eigenvalue weighted by atomic mass is 35.5. The molecule has 1 atom stereocenters. The number of rotatable bonds is 13. The van der Waals surface area contributed by atoms with E-state index >= 15 is 0 Å². The zero-order valence-electron chi connectivity index (χ0n) is 30.1. The number of benzene rings is 3. The van der Waals surface area contributed by atoms with Crippen molar-refractivity contribution in [2.75, 3.05) is 34.0 Å². The van der Waals surface area contributed by atoms with Crippen molar-refractivity contribution in [3.8, 4) is 21.9 Å². The van der Waals surface area contributed by atoms with Crippen LogP contribution in [0.2, 0.25) is 21.6 Å². The second kappa shape index (κ2) is 16.5. The van der Waals surface area contributed by atoms with E-state index in [9.17, 15) is 0 Å². The largest absolute Gasteiger partial charge is 0.493 e. The number of fused-ring (bicyclic) bond motifs is 5. The van der Waals surface area contributed by atoms with Crippen molar-refractivity contribution in [1.82, 2.24) is 4.90 Å². The first-order valence-corrected chi connectivity index (χ1v) is 20.9. The van der Waals surface area contributed by atoms with E-state index in [1.807, 2.05) is 6.07 Å². The Kier molecular flexibility index (Phi) is 12.7. The highest BCUT2D eigenvalue weighted by molar-refractivity contribution is 7.22. The summed E-state index contributed by atoms with van der Waals surface area (Å²) in [5.74, 6) is 1.47. The zero-order valence-corrected chi connectivity index (χ0v) is 32.7. The monoisotopic (exact) mass is 707 g/mol. The Balaban J connectivity index is 1.46. The van der Waals surface area contributed by atoms with Gasteiger partial charge in [-0.3, -0.25) is 4.90 Å². The Bertz CT molecular complexity index is 1620. The van der Waals surface area contributed by atoms with E-state index in [1.165, 1.54) is 26.3 Å². The molecule has 2 heterocycles. The standard InChI is InChI=1S/C40H54ClNO4SSi/c1-27(2)48(28(3)4,29(5)6)46-20-14-10-13-19-42-24-31-21-37(43-7)38(44-8)23-33(31)40-35(34-22-32(41)17-18-39(34)47-40)25-45-26-36(42)30-15-11-9-12-16-30/h9,11-12,15-18,21-23,27-29,36H,10,13-14,19-20,24-26H2,1-8H3/t36-/m0/s1. The van der Waals surface area contributed by atoms with Gasteiger partial charge >= 0.3 is 0 Å². The van der Waals surface area contributed by atoms with E-state index in [0.29, 0.717) is 29.8 Å². The van der Waals surface area contributed by atoms with Crippen LogP contribution in [0, 0.1) is 0 Å². The van der Waals surface area contributed by atoms with Crippen LogP contribution in [0.1, 0.15) is 83.5 Å². The average Bonchev–Trinajstić information content (AvgIpc) is 3.42. The molecule has 1 aliphatic rings. The van der Waals surface area contributed by atoms with Crippen molar-refractivity contribution in [3.63, 3.8) is 0 Å². The third-order valence-electron chi connectivity index (χ3n) is 10.3. The number of unbranched alkanes of at least 4 members (excludes halogenated alkanes) is 2.